The Morgan fingerprint density at radius 1 is 1.04 bits per heavy atom. The van der Waals surface area contributed by atoms with Crippen molar-refractivity contribution in [3.05, 3.63) is 94.5 Å². The van der Waals surface area contributed by atoms with E-state index in [-0.39, 0.29) is 33.9 Å². The highest BCUT2D eigenvalue weighted by molar-refractivity contribution is 7.99. The van der Waals surface area contributed by atoms with Gasteiger partial charge in [-0.2, -0.15) is 0 Å². The summed E-state index contributed by atoms with van der Waals surface area (Å²) in [6, 6.07) is 24.6. The molecule has 1 aliphatic carbocycles. The third kappa shape index (κ3) is 10.7. The second kappa shape index (κ2) is 17.7. The van der Waals surface area contributed by atoms with Crippen LogP contribution >= 0.6 is 11.8 Å². The van der Waals surface area contributed by atoms with E-state index < -0.39 is 14.9 Å². The molecule has 0 spiro atoms. The lowest BCUT2D eigenvalue weighted by molar-refractivity contribution is -0.384. The van der Waals surface area contributed by atoms with E-state index in [0.717, 1.165) is 69.1 Å². The molecule has 3 aromatic carbocycles. The van der Waals surface area contributed by atoms with Gasteiger partial charge in [0.05, 0.1) is 15.4 Å². The molecule has 5 rings (SSSR count). The Bertz CT molecular complexity index is 1700. The summed E-state index contributed by atoms with van der Waals surface area (Å²) in [4.78, 5) is 18.7. The zero-order valence-corrected chi connectivity index (χ0v) is 31.4. The molecule has 3 aromatic rings. The number of nitro groups is 1. The van der Waals surface area contributed by atoms with Gasteiger partial charge in [-0.3, -0.25) is 20.4 Å². The number of sulfonamides is 1. The minimum absolute atomic E-state index is 0.103. The summed E-state index contributed by atoms with van der Waals surface area (Å²) >= 11 is 1.66. The van der Waals surface area contributed by atoms with Crippen LogP contribution in [0.2, 0.25) is 0 Å². The van der Waals surface area contributed by atoms with Gasteiger partial charge in [-0.05, 0) is 82.6 Å². The maximum atomic E-state index is 13.4. The molecule has 3 N–H and O–H groups in total. The number of guanidine groups is 1. The Morgan fingerprint density at radius 3 is 2.29 bits per heavy atom. The van der Waals surface area contributed by atoms with Gasteiger partial charge in [0.1, 0.15) is 5.69 Å². The van der Waals surface area contributed by atoms with Crippen LogP contribution in [-0.4, -0.2) is 111 Å². The molecule has 2 aliphatic rings. The average molecular weight is 738 g/mol. The summed E-state index contributed by atoms with van der Waals surface area (Å²) in [6.45, 7) is 3.23. The van der Waals surface area contributed by atoms with Crippen molar-refractivity contribution in [3.63, 3.8) is 0 Å². The van der Waals surface area contributed by atoms with E-state index in [9.17, 15) is 18.5 Å². The second-order valence-corrected chi connectivity index (χ2v) is 16.5. The van der Waals surface area contributed by atoms with Crippen LogP contribution < -0.4 is 10.0 Å². The highest BCUT2D eigenvalue weighted by Gasteiger charge is 2.38. The molecule has 2 fully saturated rings. The van der Waals surface area contributed by atoms with E-state index in [4.69, 9.17) is 10.1 Å². The SMILES string of the molecule is COC1(Cc2ccccc2)CCC(N2CCN(C(=N)NS(=O)(=O)c3ccc(N[C@H](CCN(C)C)CSc4ccccc4)c([N+](=O)[O-])c3)CC2)CC1. The van der Waals surface area contributed by atoms with Crippen LogP contribution in [0.1, 0.15) is 37.7 Å². The maximum absolute atomic E-state index is 13.4. The number of benzene rings is 3. The van der Waals surface area contributed by atoms with Crippen molar-refractivity contribution in [1.29, 1.82) is 5.41 Å². The lowest BCUT2D eigenvalue weighted by Crippen LogP contribution is -2.56. The van der Waals surface area contributed by atoms with Gasteiger partial charge in [0.25, 0.3) is 15.7 Å². The molecule has 1 aliphatic heterocycles. The normalized spacial score (nSPS) is 20.5. The summed E-state index contributed by atoms with van der Waals surface area (Å²) in [7, 11) is 1.53. The molecule has 1 saturated carbocycles. The summed E-state index contributed by atoms with van der Waals surface area (Å²) in [5, 5.41) is 24.1. The summed E-state index contributed by atoms with van der Waals surface area (Å²) in [5.74, 6) is 0.440. The molecule has 14 heteroatoms. The number of methoxy groups -OCH3 is 1. The predicted octanol–water partition coefficient (Wildman–Crippen LogP) is 5.52. The topological polar surface area (TPSA) is 144 Å². The minimum atomic E-state index is -4.24. The first kappa shape index (κ1) is 38.5. The third-order valence-corrected chi connectivity index (χ3v) is 12.5. The first-order chi connectivity index (χ1) is 24.5. The predicted molar refractivity (Wildman–Crippen MR) is 204 cm³/mol. The lowest BCUT2D eigenvalue weighted by atomic mass is 9.77. The van der Waals surface area contributed by atoms with Crippen LogP contribution in [-0.2, 0) is 21.2 Å². The van der Waals surface area contributed by atoms with E-state index in [1.807, 2.05) is 57.6 Å². The molecular weight excluding hydrogens is 687 g/mol. The fourth-order valence-corrected chi connectivity index (χ4v) is 8.98. The van der Waals surface area contributed by atoms with Crippen LogP contribution in [0.15, 0.2) is 88.7 Å². The van der Waals surface area contributed by atoms with Gasteiger partial charge in [-0.15, -0.1) is 11.8 Å². The van der Waals surface area contributed by atoms with Crippen molar-refractivity contribution in [3.8, 4) is 0 Å². The third-order valence-electron chi connectivity index (χ3n) is 10.0. The maximum Gasteiger partial charge on any atom is 0.293 e. The Kier molecular flexibility index (Phi) is 13.4. The molecule has 1 heterocycles. The Hall–Kier alpha value is -3.69. The van der Waals surface area contributed by atoms with Crippen molar-refractivity contribution in [1.82, 2.24) is 19.4 Å². The molecule has 0 aromatic heterocycles. The van der Waals surface area contributed by atoms with E-state index in [1.54, 1.807) is 16.7 Å². The van der Waals surface area contributed by atoms with Crippen LogP contribution in [0, 0.1) is 15.5 Å². The van der Waals surface area contributed by atoms with Crippen molar-refractivity contribution in [2.24, 2.45) is 0 Å². The number of nitrogens with zero attached hydrogens (tertiary/aromatic N) is 4. The molecule has 12 nitrogen and oxygen atoms in total. The largest absolute Gasteiger partial charge is 0.378 e. The molecule has 51 heavy (non-hydrogen) atoms. The molecule has 1 saturated heterocycles. The van der Waals surface area contributed by atoms with Crippen LogP contribution in [0.4, 0.5) is 11.4 Å². The Balaban J connectivity index is 1.16. The highest BCUT2D eigenvalue weighted by Crippen LogP contribution is 2.36. The standard InChI is InChI=1S/C37H51N7O5S2/c1-41(2)21-18-30(28-50-32-12-8-5-9-13-32)39-34-15-14-33(26-35(34)44(45)46)51(47,48)40-36(38)43-24-22-42(23-25-43)31-16-19-37(49-3,20-17-31)27-29-10-6-4-7-11-29/h4-15,26,30-31,39H,16-25,27-28H2,1-3H3,(H2,38,40)/t30-,31?,37?/m1/s1. The monoisotopic (exact) mass is 737 g/mol. The van der Waals surface area contributed by atoms with E-state index in [1.165, 1.54) is 17.7 Å². The number of piperazine rings is 1. The van der Waals surface area contributed by atoms with E-state index in [0.29, 0.717) is 24.9 Å². The fraction of sp³-hybridized carbons (Fsp3) is 0.486. The van der Waals surface area contributed by atoms with E-state index >= 15 is 0 Å². The molecular formula is C37H51N7O5S2. The van der Waals surface area contributed by atoms with Crippen molar-refractivity contribution in [2.75, 3.05) is 65.0 Å². The number of ether oxygens (including phenoxy) is 1. The van der Waals surface area contributed by atoms with Crippen molar-refractivity contribution < 1.29 is 18.1 Å². The number of anilines is 1. The average Bonchev–Trinajstić information content (AvgIpc) is 3.13. The van der Waals surface area contributed by atoms with Gasteiger partial charge in [-0.1, -0.05) is 48.5 Å². The van der Waals surface area contributed by atoms with Gasteiger partial charge in [0.2, 0.25) is 5.96 Å². The number of hydrogen-bond acceptors (Lipinski definition) is 10. The number of nitro benzene ring substituents is 1. The molecule has 0 amide bonds. The quantitative estimate of drug-likeness (QED) is 0.0600. The Morgan fingerprint density at radius 2 is 1.69 bits per heavy atom. The van der Waals surface area contributed by atoms with Crippen molar-refractivity contribution in [2.45, 2.75) is 66.0 Å². The number of rotatable bonds is 15. The number of thioether (sulfide) groups is 1. The zero-order valence-electron chi connectivity index (χ0n) is 29.8. The van der Waals surface area contributed by atoms with Crippen LogP contribution in [0.5, 0.6) is 0 Å². The van der Waals surface area contributed by atoms with Gasteiger partial charge in [-0.25, -0.2) is 13.1 Å². The van der Waals surface area contributed by atoms with Crippen molar-refractivity contribution >= 4 is 39.1 Å². The molecule has 276 valence electrons. The summed E-state index contributed by atoms with van der Waals surface area (Å²) < 4.78 is 35.3. The minimum Gasteiger partial charge on any atom is -0.378 e. The van der Waals surface area contributed by atoms with Gasteiger partial charge in [0.15, 0.2) is 0 Å². The number of nitrogens with one attached hydrogen (secondary N) is 3. The summed E-state index contributed by atoms with van der Waals surface area (Å²) in [6.07, 6.45) is 5.63. The lowest BCUT2D eigenvalue weighted by Gasteiger charge is -2.45. The van der Waals surface area contributed by atoms with Gasteiger partial charge < -0.3 is 19.9 Å². The molecule has 1 atom stereocenters. The first-order valence-corrected chi connectivity index (χ1v) is 20.0. The highest BCUT2D eigenvalue weighted by atomic mass is 32.2. The second-order valence-electron chi connectivity index (χ2n) is 13.8. The van der Waals surface area contributed by atoms with Gasteiger partial charge in [0, 0.05) is 68.5 Å². The van der Waals surface area contributed by atoms with Gasteiger partial charge >= 0.3 is 0 Å². The van der Waals surface area contributed by atoms with Crippen LogP contribution in [0.25, 0.3) is 0 Å². The fourth-order valence-electron chi connectivity index (χ4n) is 6.97. The molecule has 0 unspecified atom stereocenters. The van der Waals surface area contributed by atoms with E-state index in [2.05, 4.69) is 44.1 Å². The first-order valence-electron chi connectivity index (χ1n) is 17.5. The molecule has 0 radical (unpaired) electrons. The Labute approximate surface area is 306 Å². The summed E-state index contributed by atoms with van der Waals surface area (Å²) in [5.41, 5.74) is 1.06. The van der Waals surface area contributed by atoms with Crippen LogP contribution in [0.3, 0.4) is 0 Å². The smallest absolute Gasteiger partial charge is 0.293 e. The number of hydrogen-bond donors (Lipinski definition) is 3. The zero-order chi connectivity index (χ0) is 36.4. The molecule has 0 bridgehead atoms.